The first-order valence-electron chi connectivity index (χ1n) is 1.57. The molecule has 0 radical (unpaired) electrons. The van der Waals surface area contributed by atoms with E-state index in [1.807, 2.05) is 0 Å². The van der Waals surface area contributed by atoms with E-state index in [1.165, 1.54) is 11.1 Å². The van der Waals surface area contributed by atoms with Crippen molar-refractivity contribution in [3.8, 4) is 0 Å². The molecule has 0 saturated carbocycles. The second-order valence-electron chi connectivity index (χ2n) is 0.860. The maximum Gasteiger partial charge on any atom is 0.139 e. The molecule has 0 rings (SSSR count). The van der Waals surface area contributed by atoms with Gasteiger partial charge in [-0.15, -0.1) is 0 Å². The highest BCUT2D eigenvalue weighted by Gasteiger charge is 2.00. The van der Waals surface area contributed by atoms with E-state index in [0.717, 1.165) is 0 Å². The average molecular weight is 358 g/mol. The van der Waals surface area contributed by atoms with Gasteiger partial charge in [0.25, 0.3) is 0 Å². The molecule has 0 fully saturated rings. The molecule has 48 valence electrons. The number of hydrazone groups is 1. The van der Waals surface area contributed by atoms with Crippen LogP contribution in [0.4, 0.5) is 0 Å². The van der Waals surface area contributed by atoms with Gasteiger partial charge in [-0.1, -0.05) is 0 Å². The Bertz CT molecular complexity index is 84.1. The van der Waals surface area contributed by atoms with E-state index in [4.69, 9.17) is 11.7 Å². The van der Waals surface area contributed by atoms with Crippen molar-refractivity contribution in [2.45, 2.75) is 0 Å². The van der Waals surface area contributed by atoms with Crippen LogP contribution >= 0.6 is 47.4 Å². The Hall–Kier alpha value is 1.12. The molecule has 0 heterocycles. The van der Waals surface area contributed by atoms with Crippen LogP contribution in [-0.4, -0.2) is 11.1 Å². The highest BCUT2D eigenvalue weighted by atomic mass is 127. The van der Waals surface area contributed by atoms with Gasteiger partial charge in [-0.2, -0.15) is 5.10 Å². The number of hydrogen-bond acceptors (Lipinski definition) is 3. The Morgan fingerprint density at radius 1 is 1.62 bits per heavy atom. The summed E-state index contributed by atoms with van der Waals surface area (Å²) < 4.78 is 1.12. The Morgan fingerprint density at radius 2 is 2.12 bits per heavy atom. The summed E-state index contributed by atoms with van der Waals surface area (Å²) in [6.07, 6.45) is 1.39. The average Bonchev–Trinajstić information content (AvgIpc) is 1.67. The summed E-state index contributed by atoms with van der Waals surface area (Å²) in [5.41, 5.74) is 0. The maximum absolute atomic E-state index is 5.34. The third kappa shape index (κ3) is 4.04. The summed E-state index contributed by atoms with van der Waals surface area (Å²) in [4.78, 5) is 0. The lowest BCUT2D eigenvalue weighted by atomic mass is 11.3. The van der Waals surface area contributed by atoms with Crippen LogP contribution < -0.4 is 11.7 Å². The molecule has 8 heavy (non-hydrogen) atoms. The van der Waals surface area contributed by atoms with Crippen molar-refractivity contribution in [1.82, 2.24) is 4.78 Å². The largest absolute Gasteiger partial charge is 0.322 e. The monoisotopic (exact) mass is 358 g/mol. The van der Waals surface area contributed by atoms with Crippen molar-refractivity contribution >= 4 is 53.8 Å². The molecule has 0 saturated heterocycles. The molecule has 0 bridgehead atoms. The normalized spacial score (nSPS) is 11.0. The van der Waals surface area contributed by atoms with Crippen molar-refractivity contribution in [1.29, 1.82) is 0 Å². The van der Waals surface area contributed by atoms with Gasteiger partial charge in [0, 0.05) is 0 Å². The minimum atomic E-state index is -0.346. The van der Waals surface area contributed by atoms with Crippen LogP contribution in [0.15, 0.2) is 5.10 Å². The highest BCUT2D eigenvalue weighted by molar-refractivity contribution is 14.3. The molecule has 4 N–H and O–H groups in total. The summed E-state index contributed by atoms with van der Waals surface area (Å²) in [7, 11) is 0. The van der Waals surface area contributed by atoms with Crippen LogP contribution in [-0.2, 0) is 0 Å². The molecule has 0 aromatic carbocycles. The topological polar surface area (TPSA) is 67.6 Å². The zero-order valence-corrected chi connectivity index (χ0v) is 9.04. The van der Waals surface area contributed by atoms with E-state index in [1.54, 1.807) is 0 Å². The van der Waals surface area contributed by atoms with Crippen LogP contribution in [0, 0.1) is 0 Å². The first-order valence-corrected chi connectivity index (χ1v) is 8.44. The second-order valence-corrected chi connectivity index (χ2v) is 12.8. The zero-order chi connectivity index (χ0) is 6.57. The zero-order valence-electron chi connectivity index (χ0n) is 3.83. The third-order valence-corrected chi connectivity index (χ3v) is 3.80. The lowest BCUT2D eigenvalue weighted by Gasteiger charge is -2.10. The van der Waals surface area contributed by atoms with Gasteiger partial charge < -0.3 is 5.84 Å². The van der Waals surface area contributed by atoms with Crippen molar-refractivity contribution in [2.24, 2.45) is 16.8 Å². The van der Waals surface area contributed by atoms with E-state index in [2.05, 4.69) is 49.2 Å². The molecule has 0 aliphatic rings. The van der Waals surface area contributed by atoms with Crippen LogP contribution in [0.25, 0.3) is 0 Å². The molecule has 0 aromatic heterocycles. The van der Waals surface area contributed by atoms with Gasteiger partial charge in [0.1, 0.15) is 9.70 Å². The van der Waals surface area contributed by atoms with Gasteiger partial charge in [-0.05, 0) is 44.1 Å². The van der Waals surface area contributed by atoms with Crippen LogP contribution in [0.1, 0.15) is 0 Å². The van der Waals surface area contributed by atoms with Crippen LogP contribution in [0.2, 0.25) is 0 Å². The van der Waals surface area contributed by atoms with Crippen LogP contribution in [0.3, 0.4) is 0 Å². The fourth-order valence-electron chi connectivity index (χ4n) is 0.107. The number of hydrogen-bond donors (Lipinski definition) is 2. The molecule has 0 aromatic rings. The maximum atomic E-state index is 5.34. The fraction of sp³-hybridized carbons (Fsp3) is 0. The minimum Gasteiger partial charge on any atom is -0.322 e. The highest BCUT2D eigenvalue weighted by Crippen LogP contribution is 2.54. The summed E-state index contributed by atoms with van der Waals surface area (Å²) >= 11 is 4.39. The van der Waals surface area contributed by atoms with E-state index in [0.29, 0.717) is 0 Å². The Labute approximate surface area is 74.8 Å². The van der Waals surface area contributed by atoms with E-state index in [9.17, 15) is 0 Å². The summed E-state index contributed by atoms with van der Waals surface area (Å²) in [5.74, 6) is 10.2. The number of halogens is 2. The summed E-state index contributed by atoms with van der Waals surface area (Å²) in [6.45, 7) is 0. The first-order chi connectivity index (χ1) is 3.68. The van der Waals surface area contributed by atoms with Crippen molar-refractivity contribution in [2.75, 3.05) is 0 Å². The number of nitrogens with two attached hydrogens (primary N) is 2. The summed E-state index contributed by atoms with van der Waals surface area (Å²) in [6, 6.07) is 0. The standard InChI is InChI=1S/CH5I2N4P/c2-8(3)7(5)1-6-4/h1H,4-5H2/b6-1+. The van der Waals surface area contributed by atoms with Gasteiger partial charge in [-0.25, -0.2) is 5.84 Å². The molecule has 0 spiro atoms. The molecule has 0 amide bonds. The Morgan fingerprint density at radius 3 is 2.25 bits per heavy atom. The van der Waals surface area contributed by atoms with E-state index < -0.39 is 0 Å². The summed E-state index contributed by atoms with van der Waals surface area (Å²) in [5, 5.41) is 3.24. The van der Waals surface area contributed by atoms with Gasteiger partial charge >= 0.3 is 0 Å². The van der Waals surface area contributed by atoms with Crippen molar-refractivity contribution < 1.29 is 0 Å². The predicted octanol–water partition coefficient (Wildman–Crippen LogP) is 1.16. The third-order valence-electron chi connectivity index (χ3n) is 0.360. The number of rotatable bonds is 2. The van der Waals surface area contributed by atoms with Gasteiger partial charge in [0.05, 0.1) is 0 Å². The van der Waals surface area contributed by atoms with E-state index in [-0.39, 0.29) is 3.36 Å². The molecule has 0 aliphatic carbocycles. The molecular weight excluding hydrogens is 353 g/mol. The van der Waals surface area contributed by atoms with Crippen molar-refractivity contribution in [3.05, 3.63) is 0 Å². The molecule has 0 unspecified atom stereocenters. The quantitative estimate of drug-likeness (QED) is 0.195. The molecule has 4 nitrogen and oxygen atoms in total. The molecule has 7 heteroatoms. The lowest BCUT2D eigenvalue weighted by Crippen LogP contribution is -2.20. The second kappa shape index (κ2) is 4.95. The number of hydrazine groups is 1. The first kappa shape index (κ1) is 9.12. The van der Waals surface area contributed by atoms with Crippen molar-refractivity contribution in [3.63, 3.8) is 0 Å². The van der Waals surface area contributed by atoms with Gasteiger partial charge in [0.15, 0.2) is 0 Å². The molecular formula is CH5I2N4P. The van der Waals surface area contributed by atoms with Gasteiger partial charge in [0.2, 0.25) is 0 Å². The predicted molar refractivity (Wildman–Crippen MR) is 53.7 cm³/mol. The minimum absolute atomic E-state index is 0.346. The van der Waals surface area contributed by atoms with Gasteiger partial charge in [-0.3, -0.25) is 4.78 Å². The lowest BCUT2D eigenvalue weighted by molar-refractivity contribution is 0.748. The van der Waals surface area contributed by atoms with E-state index >= 15 is 0 Å². The Balaban J connectivity index is 3.47. The smallest absolute Gasteiger partial charge is 0.139 e. The SMILES string of the molecule is N/N=C/N(N)P(I)I. The molecule has 0 aliphatic heterocycles. The van der Waals surface area contributed by atoms with Crippen LogP contribution in [0.5, 0.6) is 0 Å². The fourth-order valence-corrected chi connectivity index (χ4v) is 0.914. The Kier molecular flexibility index (Phi) is 5.64. The molecule has 0 atom stereocenters. The number of nitrogens with zero attached hydrogens (tertiary/aromatic N) is 2.